The van der Waals surface area contributed by atoms with Gasteiger partial charge in [0.15, 0.2) is 0 Å². The first-order chi connectivity index (χ1) is 6.74. The van der Waals surface area contributed by atoms with E-state index in [-0.39, 0.29) is 0 Å². The molecule has 0 saturated heterocycles. The number of hydrogen-bond donors (Lipinski definition) is 0. The maximum absolute atomic E-state index is 5.51. The first-order valence-corrected chi connectivity index (χ1v) is 5.09. The maximum Gasteiger partial charge on any atom is 0.129 e. The average Bonchev–Trinajstić information content (AvgIpc) is 2.16. The second-order valence-corrected chi connectivity index (χ2v) is 3.79. The zero-order valence-corrected chi connectivity index (χ0v) is 9.16. The van der Waals surface area contributed by atoms with Crippen LogP contribution in [0.1, 0.15) is 26.3 Å². The Morgan fingerprint density at radius 3 is 2.64 bits per heavy atom. The van der Waals surface area contributed by atoms with Gasteiger partial charge in [0.25, 0.3) is 0 Å². The Hall–Kier alpha value is -1.24. The van der Waals surface area contributed by atoms with E-state index >= 15 is 0 Å². The third-order valence-corrected chi connectivity index (χ3v) is 1.93. The van der Waals surface area contributed by atoms with Gasteiger partial charge >= 0.3 is 0 Å². The molecule has 0 saturated carbocycles. The summed E-state index contributed by atoms with van der Waals surface area (Å²) in [6.07, 6.45) is 4.68. The molecule has 1 rings (SSSR count). The Morgan fingerprint density at radius 2 is 2.00 bits per heavy atom. The summed E-state index contributed by atoms with van der Waals surface area (Å²) in [5.41, 5.74) is 1.28. The normalized spacial score (nSPS) is 11.1. The molecule has 0 N–H and O–H groups in total. The molecule has 0 fully saturated rings. The third-order valence-electron chi connectivity index (χ3n) is 1.93. The fourth-order valence-electron chi connectivity index (χ4n) is 1.37. The third kappa shape index (κ3) is 3.25. The van der Waals surface area contributed by atoms with E-state index in [1.807, 2.05) is 25.1 Å². The van der Waals surface area contributed by atoms with Crippen LogP contribution in [-0.4, -0.2) is 0 Å². The van der Waals surface area contributed by atoms with E-state index < -0.39 is 0 Å². The molecule has 0 heterocycles. The van der Waals surface area contributed by atoms with Crippen molar-refractivity contribution in [3.8, 4) is 5.75 Å². The van der Waals surface area contributed by atoms with Crippen molar-refractivity contribution in [2.24, 2.45) is 5.92 Å². The SMILES string of the molecule is CC=COc1ccccc1CC(C)C. The van der Waals surface area contributed by atoms with Gasteiger partial charge < -0.3 is 4.74 Å². The molecule has 0 radical (unpaired) electrons. The molecular weight excluding hydrogens is 172 g/mol. The van der Waals surface area contributed by atoms with Gasteiger partial charge in [-0.25, -0.2) is 0 Å². The lowest BCUT2D eigenvalue weighted by Crippen LogP contribution is -1.96. The minimum absolute atomic E-state index is 0.658. The van der Waals surface area contributed by atoms with Crippen LogP contribution in [0.3, 0.4) is 0 Å². The molecule has 0 bridgehead atoms. The van der Waals surface area contributed by atoms with Gasteiger partial charge in [-0.2, -0.15) is 0 Å². The molecule has 0 amide bonds. The van der Waals surface area contributed by atoms with Crippen molar-refractivity contribution in [1.29, 1.82) is 0 Å². The molecule has 1 aromatic rings. The first-order valence-electron chi connectivity index (χ1n) is 5.09. The highest BCUT2D eigenvalue weighted by molar-refractivity contribution is 5.34. The van der Waals surface area contributed by atoms with Crippen molar-refractivity contribution >= 4 is 0 Å². The van der Waals surface area contributed by atoms with Crippen molar-refractivity contribution < 1.29 is 4.74 Å². The van der Waals surface area contributed by atoms with Gasteiger partial charge in [0.05, 0.1) is 6.26 Å². The van der Waals surface area contributed by atoms with Crippen LogP contribution in [0.4, 0.5) is 0 Å². The summed E-state index contributed by atoms with van der Waals surface area (Å²) in [5, 5.41) is 0. The zero-order chi connectivity index (χ0) is 10.4. The molecule has 1 aromatic carbocycles. The quantitative estimate of drug-likeness (QED) is 0.656. The average molecular weight is 190 g/mol. The van der Waals surface area contributed by atoms with E-state index in [4.69, 9.17) is 4.74 Å². The van der Waals surface area contributed by atoms with Gasteiger partial charge in [-0.05, 0) is 30.9 Å². The lowest BCUT2D eigenvalue weighted by molar-refractivity contribution is 0.468. The number of ether oxygens (including phenoxy) is 1. The summed E-state index contributed by atoms with van der Waals surface area (Å²) in [6.45, 7) is 6.38. The maximum atomic E-state index is 5.51. The van der Waals surface area contributed by atoms with Crippen LogP contribution in [0.2, 0.25) is 0 Å². The van der Waals surface area contributed by atoms with Crippen LogP contribution < -0.4 is 4.74 Å². The summed E-state index contributed by atoms with van der Waals surface area (Å²) in [4.78, 5) is 0. The summed E-state index contributed by atoms with van der Waals surface area (Å²) in [5.74, 6) is 1.63. The molecular formula is C13H18O. The summed E-state index contributed by atoms with van der Waals surface area (Å²) in [6, 6.07) is 8.19. The van der Waals surface area contributed by atoms with Crippen molar-refractivity contribution in [2.75, 3.05) is 0 Å². The molecule has 0 atom stereocenters. The molecule has 76 valence electrons. The van der Waals surface area contributed by atoms with Gasteiger partial charge in [0.2, 0.25) is 0 Å². The highest BCUT2D eigenvalue weighted by atomic mass is 16.5. The first kappa shape index (κ1) is 10.8. The van der Waals surface area contributed by atoms with Crippen LogP contribution >= 0.6 is 0 Å². The fourth-order valence-corrected chi connectivity index (χ4v) is 1.37. The minimum Gasteiger partial charge on any atom is -0.465 e. The predicted octanol–water partition coefficient (Wildman–Crippen LogP) is 3.80. The smallest absolute Gasteiger partial charge is 0.129 e. The van der Waals surface area contributed by atoms with Crippen LogP contribution in [0.25, 0.3) is 0 Å². The van der Waals surface area contributed by atoms with Gasteiger partial charge in [0.1, 0.15) is 5.75 Å². The van der Waals surface area contributed by atoms with E-state index in [2.05, 4.69) is 26.0 Å². The van der Waals surface area contributed by atoms with Crippen LogP contribution in [-0.2, 0) is 6.42 Å². The summed E-state index contributed by atoms with van der Waals surface area (Å²) < 4.78 is 5.51. The van der Waals surface area contributed by atoms with Gasteiger partial charge in [-0.15, -0.1) is 0 Å². The van der Waals surface area contributed by atoms with E-state index in [0.29, 0.717) is 5.92 Å². The van der Waals surface area contributed by atoms with Crippen molar-refractivity contribution in [1.82, 2.24) is 0 Å². The number of hydrogen-bond acceptors (Lipinski definition) is 1. The van der Waals surface area contributed by atoms with Gasteiger partial charge in [-0.3, -0.25) is 0 Å². The molecule has 0 aromatic heterocycles. The van der Waals surface area contributed by atoms with E-state index in [9.17, 15) is 0 Å². The Bertz CT molecular complexity index is 300. The number of benzene rings is 1. The topological polar surface area (TPSA) is 9.23 Å². The fraction of sp³-hybridized carbons (Fsp3) is 0.385. The molecule has 1 nitrogen and oxygen atoms in total. The van der Waals surface area contributed by atoms with Gasteiger partial charge in [0, 0.05) is 0 Å². The minimum atomic E-state index is 0.658. The Kier molecular flexibility index (Phi) is 4.24. The highest BCUT2D eigenvalue weighted by Crippen LogP contribution is 2.21. The van der Waals surface area contributed by atoms with E-state index in [1.165, 1.54) is 5.56 Å². The second-order valence-electron chi connectivity index (χ2n) is 3.79. The molecule has 1 heteroatoms. The standard InChI is InChI=1S/C13H18O/c1-4-9-14-13-8-6-5-7-12(13)10-11(2)3/h4-9,11H,10H2,1-3H3. The largest absolute Gasteiger partial charge is 0.465 e. The lowest BCUT2D eigenvalue weighted by atomic mass is 10.0. The predicted molar refractivity (Wildman–Crippen MR) is 60.4 cm³/mol. The molecule has 14 heavy (non-hydrogen) atoms. The van der Waals surface area contributed by atoms with Crippen molar-refractivity contribution in [3.05, 3.63) is 42.2 Å². The van der Waals surface area contributed by atoms with E-state index in [1.54, 1.807) is 6.26 Å². The number of allylic oxidation sites excluding steroid dienone is 1. The monoisotopic (exact) mass is 190 g/mol. The molecule has 0 unspecified atom stereocenters. The van der Waals surface area contributed by atoms with E-state index in [0.717, 1.165) is 12.2 Å². The van der Waals surface area contributed by atoms with Crippen molar-refractivity contribution in [3.63, 3.8) is 0 Å². The number of para-hydroxylation sites is 1. The molecule has 0 aliphatic carbocycles. The molecule has 0 spiro atoms. The van der Waals surface area contributed by atoms with Crippen LogP contribution in [0.15, 0.2) is 36.6 Å². The summed E-state index contributed by atoms with van der Waals surface area (Å²) in [7, 11) is 0. The Morgan fingerprint density at radius 1 is 1.29 bits per heavy atom. The number of rotatable bonds is 4. The van der Waals surface area contributed by atoms with Gasteiger partial charge in [-0.1, -0.05) is 38.1 Å². The zero-order valence-electron chi connectivity index (χ0n) is 9.16. The van der Waals surface area contributed by atoms with Crippen LogP contribution in [0.5, 0.6) is 5.75 Å². The highest BCUT2D eigenvalue weighted by Gasteiger charge is 2.03. The molecule has 0 aliphatic heterocycles. The molecule has 0 aliphatic rings. The lowest BCUT2D eigenvalue weighted by Gasteiger charge is -2.09. The Labute approximate surface area is 86.4 Å². The Balaban J connectivity index is 2.79. The second kappa shape index (κ2) is 5.48. The summed E-state index contributed by atoms with van der Waals surface area (Å²) >= 11 is 0. The van der Waals surface area contributed by atoms with Crippen molar-refractivity contribution in [2.45, 2.75) is 27.2 Å². The van der Waals surface area contributed by atoms with Crippen LogP contribution in [0, 0.1) is 5.92 Å².